The lowest BCUT2D eigenvalue weighted by Gasteiger charge is -2.18. The van der Waals surface area contributed by atoms with Gasteiger partial charge in [-0.1, -0.05) is 287 Å². The molecule has 1 unspecified atom stereocenters. The number of rotatable bonds is 58. The van der Waals surface area contributed by atoms with E-state index in [-0.39, 0.29) is 37.5 Å². The zero-order valence-electron chi connectivity index (χ0n) is 52.7. The molecule has 0 spiro atoms. The Bertz CT molecular complexity index is 1870. The van der Waals surface area contributed by atoms with Crippen molar-refractivity contribution >= 4 is 17.9 Å². The van der Waals surface area contributed by atoms with Crippen LogP contribution in [-0.2, 0) is 28.6 Å². The van der Waals surface area contributed by atoms with Crippen LogP contribution in [-0.4, -0.2) is 37.2 Å². The average Bonchev–Trinajstić information content (AvgIpc) is 3.47. The Labute approximate surface area is 504 Å². The van der Waals surface area contributed by atoms with E-state index >= 15 is 0 Å². The van der Waals surface area contributed by atoms with Gasteiger partial charge in [-0.15, -0.1) is 0 Å². The SMILES string of the molecule is CC/C=C\C/C=C\C/C=C\C/C=C\C/C=C\C/C=C\C/C=C\CCCCCCCC(=O)OCC(COC(=O)CCCCCCCCCCCCCC)OC(=O)CCCCC/C=C\C/C=C\C/C=C\C/C=C\C/C=C\C/C=C\C/C=C\CC. The van der Waals surface area contributed by atoms with Crippen LogP contribution in [0.1, 0.15) is 271 Å². The lowest BCUT2D eigenvalue weighted by molar-refractivity contribution is -0.167. The van der Waals surface area contributed by atoms with Gasteiger partial charge in [0.05, 0.1) is 0 Å². The van der Waals surface area contributed by atoms with Gasteiger partial charge in [0.1, 0.15) is 13.2 Å². The van der Waals surface area contributed by atoms with Gasteiger partial charge in [0.15, 0.2) is 6.10 Å². The van der Waals surface area contributed by atoms with Gasteiger partial charge >= 0.3 is 17.9 Å². The molecule has 0 aromatic rings. The van der Waals surface area contributed by atoms with Crippen molar-refractivity contribution in [2.75, 3.05) is 13.2 Å². The number of hydrogen-bond donors (Lipinski definition) is 0. The molecule has 0 aliphatic heterocycles. The van der Waals surface area contributed by atoms with E-state index in [1.807, 2.05) is 0 Å². The molecule has 0 aromatic carbocycles. The van der Waals surface area contributed by atoms with Crippen LogP contribution in [0.3, 0.4) is 0 Å². The van der Waals surface area contributed by atoms with E-state index in [1.165, 1.54) is 57.8 Å². The molecule has 0 rings (SSSR count). The van der Waals surface area contributed by atoms with Gasteiger partial charge in [0, 0.05) is 19.3 Å². The van der Waals surface area contributed by atoms with E-state index in [4.69, 9.17) is 14.2 Å². The van der Waals surface area contributed by atoms with Gasteiger partial charge in [0.25, 0.3) is 0 Å². The van der Waals surface area contributed by atoms with E-state index in [1.54, 1.807) is 0 Å². The Morgan fingerprint density at radius 2 is 0.476 bits per heavy atom. The molecule has 1 atom stereocenters. The van der Waals surface area contributed by atoms with Gasteiger partial charge in [-0.3, -0.25) is 14.4 Å². The second kappa shape index (κ2) is 68.3. The third-order valence-electron chi connectivity index (χ3n) is 13.5. The van der Waals surface area contributed by atoms with Crippen molar-refractivity contribution in [3.8, 4) is 0 Å². The van der Waals surface area contributed by atoms with E-state index in [2.05, 4.69) is 191 Å². The van der Waals surface area contributed by atoms with Crippen LogP contribution < -0.4 is 0 Å². The largest absolute Gasteiger partial charge is 0.462 e. The third-order valence-corrected chi connectivity index (χ3v) is 13.5. The number of hydrogen-bond acceptors (Lipinski definition) is 6. The Morgan fingerprint density at radius 1 is 0.256 bits per heavy atom. The topological polar surface area (TPSA) is 78.9 Å². The lowest BCUT2D eigenvalue weighted by Crippen LogP contribution is -2.30. The summed E-state index contributed by atoms with van der Waals surface area (Å²) in [5.74, 6) is -0.960. The fourth-order valence-corrected chi connectivity index (χ4v) is 8.58. The monoisotopic (exact) mass is 1130 g/mol. The maximum atomic E-state index is 12.9. The minimum atomic E-state index is -0.813. The summed E-state index contributed by atoms with van der Waals surface area (Å²) in [6.45, 7) is 6.36. The van der Waals surface area contributed by atoms with Crippen LogP contribution in [0.5, 0.6) is 0 Å². The van der Waals surface area contributed by atoms with E-state index in [9.17, 15) is 14.4 Å². The molecule has 0 saturated heterocycles. The minimum Gasteiger partial charge on any atom is -0.462 e. The third kappa shape index (κ3) is 65.6. The fraction of sp³-hybridized carbons (Fsp3) is 0.592. The molecular weight excluding hydrogens is 1010 g/mol. The normalized spacial score (nSPS) is 13.3. The molecule has 460 valence electrons. The van der Waals surface area contributed by atoms with Crippen molar-refractivity contribution in [2.45, 2.75) is 277 Å². The summed E-state index contributed by atoms with van der Waals surface area (Å²) in [4.78, 5) is 38.3. The fourth-order valence-electron chi connectivity index (χ4n) is 8.58. The van der Waals surface area contributed by atoms with Gasteiger partial charge in [0.2, 0.25) is 0 Å². The van der Waals surface area contributed by atoms with Crippen molar-refractivity contribution in [2.24, 2.45) is 0 Å². The van der Waals surface area contributed by atoms with Crippen LogP contribution in [0.2, 0.25) is 0 Å². The lowest BCUT2D eigenvalue weighted by atomic mass is 10.0. The molecule has 0 aliphatic rings. The molecule has 0 amide bonds. The first-order chi connectivity index (χ1) is 40.5. The maximum Gasteiger partial charge on any atom is 0.306 e. The highest BCUT2D eigenvalue weighted by Crippen LogP contribution is 2.15. The number of ether oxygens (including phenoxy) is 3. The van der Waals surface area contributed by atoms with Crippen LogP contribution >= 0.6 is 0 Å². The Balaban J connectivity index is 4.46. The molecule has 0 aliphatic carbocycles. The Morgan fingerprint density at radius 3 is 0.756 bits per heavy atom. The standard InChI is InChI=1S/C76H120O6/c1-4-7-10-13-16-19-22-25-27-29-31-33-35-37-38-40-41-43-45-47-49-51-54-57-60-63-66-69-75(78)81-72-73(71-80-74(77)68-65-62-59-56-53-24-21-18-15-12-9-6-3)82-76(79)70-67-64-61-58-55-52-50-48-46-44-42-39-36-34-32-30-28-26-23-20-17-14-11-8-5-2/h7-8,10-11,16-17,19-20,25-28,31-34,37-39,41-43,46-49,52,55,73H,4-6,9,12-15,18,21-24,29-30,35-36,40,44-45,50-51,53-54,56-72H2,1-3H3/b10-7-,11-8-,19-16-,20-17-,27-25-,28-26-,33-31-,34-32-,38-37-,42-39-,43-41-,48-46-,49-47-,55-52-. The summed E-state index contributed by atoms with van der Waals surface area (Å²) in [6, 6.07) is 0. The second-order valence-corrected chi connectivity index (χ2v) is 21.3. The van der Waals surface area contributed by atoms with Gasteiger partial charge in [-0.25, -0.2) is 0 Å². The van der Waals surface area contributed by atoms with Gasteiger partial charge in [-0.2, -0.15) is 0 Å². The second-order valence-electron chi connectivity index (χ2n) is 21.3. The zero-order chi connectivity index (χ0) is 59.2. The number of esters is 3. The zero-order valence-corrected chi connectivity index (χ0v) is 52.7. The highest BCUT2D eigenvalue weighted by atomic mass is 16.6. The van der Waals surface area contributed by atoms with Crippen molar-refractivity contribution in [1.29, 1.82) is 0 Å². The molecule has 0 fully saturated rings. The quantitative estimate of drug-likeness (QED) is 0.0261. The highest BCUT2D eigenvalue weighted by molar-refractivity contribution is 5.71. The molecular formula is C76H120O6. The van der Waals surface area contributed by atoms with Gasteiger partial charge in [-0.05, 0) is 135 Å². The summed E-state index contributed by atoms with van der Waals surface area (Å²) < 4.78 is 16.9. The molecule has 0 aromatic heterocycles. The predicted molar refractivity (Wildman–Crippen MR) is 357 cm³/mol. The first-order valence-electron chi connectivity index (χ1n) is 33.1. The summed E-state index contributed by atoms with van der Waals surface area (Å²) in [5.41, 5.74) is 0. The van der Waals surface area contributed by atoms with Crippen LogP contribution in [0.25, 0.3) is 0 Å². The highest BCUT2D eigenvalue weighted by Gasteiger charge is 2.19. The first-order valence-corrected chi connectivity index (χ1v) is 33.1. The van der Waals surface area contributed by atoms with E-state index in [0.29, 0.717) is 19.3 Å². The predicted octanol–water partition coefficient (Wildman–Crippen LogP) is 23.0. The molecule has 0 radical (unpaired) electrons. The minimum absolute atomic E-state index is 0.104. The number of allylic oxidation sites excluding steroid dienone is 28. The molecule has 0 heterocycles. The van der Waals surface area contributed by atoms with Crippen LogP contribution in [0, 0.1) is 0 Å². The molecule has 0 saturated carbocycles. The molecule has 0 bridgehead atoms. The van der Waals surface area contributed by atoms with Crippen LogP contribution in [0.4, 0.5) is 0 Å². The smallest absolute Gasteiger partial charge is 0.306 e. The molecule has 6 heteroatoms. The van der Waals surface area contributed by atoms with E-state index < -0.39 is 6.10 Å². The summed E-state index contributed by atoms with van der Waals surface area (Å²) in [7, 11) is 0. The Kier molecular flexibility index (Phi) is 63.9. The van der Waals surface area contributed by atoms with Crippen LogP contribution in [0.15, 0.2) is 170 Å². The van der Waals surface area contributed by atoms with E-state index in [0.717, 1.165) is 167 Å². The molecule has 6 nitrogen and oxygen atoms in total. The molecule has 0 N–H and O–H groups in total. The Hall–Kier alpha value is -5.23. The van der Waals surface area contributed by atoms with Crippen molar-refractivity contribution in [3.63, 3.8) is 0 Å². The number of unbranched alkanes of at least 4 members (excludes halogenated alkanes) is 19. The first kappa shape index (κ1) is 76.8. The van der Waals surface area contributed by atoms with Gasteiger partial charge < -0.3 is 14.2 Å². The summed E-state index contributed by atoms with van der Waals surface area (Å²) >= 11 is 0. The molecule has 82 heavy (non-hydrogen) atoms. The summed E-state index contributed by atoms with van der Waals surface area (Å²) in [5, 5.41) is 0. The number of carbonyl (C=O) groups excluding carboxylic acids is 3. The average molecular weight is 1130 g/mol. The van der Waals surface area contributed by atoms with Crippen molar-refractivity contribution < 1.29 is 28.6 Å². The number of carbonyl (C=O) groups is 3. The van der Waals surface area contributed by atoms with Crippen molar-refractivity contribution in [3.05, 3.63) is 170 Å². The summed E-state index contributed by atoms with van der Waals surface area (Å²) in [6.07, 6.45) is 101. The van der Waals surface area contributed by atoms with Crippen molar-refractivity contribution in [1.82, 2.24) is 0 Å². The maximum absolute atomic E-state index is 12.9.